The molecule has 174 valence electrons. The maximum absolute atomic E-state index is 5.56. The van der Waals surface area contributed by atoms with Crippen molar-refractivity contribution in [1.29, 1.82) is 0 Å². The number of morpholine rings is 1. The summed E-state index contributed by atoms with van der Waals surface area (Å²) in [6.45, 7) is 5.07. The number of likely N-dealkylation sites (N-methyl/N-ethyl adjacent to an activating group) is 1. The second kappa shape index (κ2) is 12.3. The van der Waals surface area contributed by atoms with Gasteiger partial charge in [0.1, 0.15) is 0 Å². The molecule has 0 saturated carbocycles. The Hall–Kier alpha value is -2.77. The highest BCUT2D eigenvalue weighted by Crippen LogP contribution is 2.27. The zero-order valence-electron chi connectivity index (χ0n) is 19.7. The average Bonchev–Trinajstić information content (AvgIpc) is 2.86. The smallest absolute Gasteiger partial charge is 0.193 e. The lowest BCUT2D eigenvalue weighted by Gasteiger charge is -2.35. The van der Waals surface area contributed by atoms with Gasteiger partial charge >= 0.3 is 0 Å². The van der Waals surface area contributed by atoms with Crippen molar-refractivity contribution in [3.63, 3.8) is 0 Å². The first-order chi connectivity index (χ1) is 15.7. The molecule has 1 aliphatic heterocycles. The molecule has 2 aromatic rings. The Morgan fingerprint density at radius 1 is 1.09 bits per heavy atom. The van der Waals surface area contributed by atoms with Gasteiger partial charge in [-0.15, -0.1) is 0 Å². The summed E-state index contributed by atoms with van der Waals surface area (Å²) in [4.78, 5) is 9.17. The molecule has 0 aromatic heterocycles. The summed E-state index contributed by atoms with van der Waals surface area (Å²) in [6, 6.07) is 17.0. The summed E-state index contributed by atoms with van der Waals surface area (Å²) >= 11 is 0. The standard InChI is InChI=1S/C25H36N4O3/c1-26-25(28(2)13-12-20-10-11-23(30-3)24(18-20)31-4)27-19-22(21-8-6-5-7-9-21)29-14-16-32-17-15-29/h5-11,18,22H,12-17,19H2,1-4H3,(H,26,27). The van der Waals surface area contributed by atoms with Crippen LogP contribution >= 0.6 is 0 Å². The number of hydrogen-bond acceptors (Lipinski definition) is 5. The van der Waals surface area contributed by atoms with Crippen LogP contribution in [0.3, 0.4) is 0 Å². The van der Waals surface area contributed by atoms with E-state index in [4.69, 9.17) is 14.2 Å². The van der Waals surface area contributed by atoms with Crippen LogP contribution in [0.25, 0.3) is 0 Å². The monoisotopic (exact) mass is 440 g/mol. The third-order valence-electron chi connectivity index (χ3n) is 5.88. The second-order valence-corrected chi connectivity index (χ2v) is 7.86. The van der Waals surface area contributed by atoms with E-state index in [1.54, 1.807) is 14.2 Å². The second-order valence-electron chi connectivity index (χ2n) is 7.86. The summed E-state index contributed by atoms with van der Waals surface area (Å²) in [7, 11) is 7.22. The van der Waals surface area contributed by atoms with E-state index < -0.39 is 0 Å². The first-order valence-corrected chi connectivity index (χ1v) is 11.2. The summed E-state index contributed by atoms with van der Waals surface area (Å²) in [5.41, 5.74) is 2.51. The fourth-order valence-electron chi connectivity index (χ4n) is 4.03. The lowest BCUT2D eigenvalue weighted by molar-refractivity contribution is 0.0169. The van der Waals surface area contributed by atoms with E-state index in [1.165, 1.54) is 11.1 Å². The molecule has 1 fully saturated rings. The Kier molecular flexibility index (Phi) is 9.19. The molecule has 1 saturated heterocycles. The van der Waals surface area contributed by atoms with E-state index in [9.17, 15) is 0 Å². The highest BCUT2D eigenvalue weighted by molar-refractivity contribution is 5.79. The van der Waals surface area contributed by atoms with Gasteiger partial charge in [0.05, 0.1) is 33.5 Å². The van der Waals surface area contributed by atoms with Crippen molar-refractivity contribution in [1.82, 2.24) is 15.1 Å². The Morgan fingerprint density at radius 3 is 2.47 bits per heavy atom. The molecule has 1 unspecified atom stereocenters. The molecule has 0 spiro atoms. The van der Waals surface area contributed by atoms with Gasteiger partial charge in [0.15, 0.2) is 17.5 Å². The molecule has 1 aliphatic rings. The predicted molar refractivity (Wildman–Crippen MR) is 129 cm³/mol. The van der Waals surface area contributed by atoms with Crippen LogP contribution < -0.4 is 14.8 Å². The highest BCUT2D eigenvalue weighted by atomic mass is 16.5. The third kappa shape index (κ3) is 6.37. The van der Waals surface area contributed by atoms with Gasteiger partial charge in [-0.2, -0.15) is 0 Å². The van der Waals surface area contributed by atoms with E-state index >= 15 is 0 Å². The lowest BCUT2D eigenvalue weighted by Crippen LogP contribution is -2.47. The molecule has 1 atom stereocenters. The van der Waals surface area contributed by atoms with Crippen molar-refractivity contribution in [2.75, 3.05) is 67.7 Å². The number of benzene rings is 2. The summed E-state index contributed by atoms with van der Waals surface area (Å²) < 4.78 is 16.3. The van der Waals surface area contributed by atoms with Crippen LogP contribution in [0.4, 0.5) is 0 Å². The van der Waals surface area contributed by atoms with Crippen LogP contribution in [0.5, 0.6) is 11.5 Å². The van der Waals surface area contributed by atoms with Crippen LogP contribution in [0, 0.1) is 0 Å². The van der Waals surface area contributed by atoms with Gasteiger partial charge < -0.3 is 24.4 Å². The van der Waals surface area contributed by atoms with Gasteiger partial charge in [-0.25, -0.2) is 0 Å². The van der Waals surface area contributed by atoms with E-state index in [1.807, 2.05) is 19.2 Å². The largest absolute Gasteiger partial charge is 0.493 e. The minimum atomic E-state index is 0.274. The normalized spacial score (nSPS) is 15.8. The maximum Gasteiger partial charge on any atom is 0.193 e. The zero-order valence-corrected chi connectivity index (χ0v) is 19.7. The molecular weight excluding hydrogens is 404 g/mol. The van der Waals surface area contributed by atoms with Gasteiger partial charge in [0.25, 0.3) is 0 Å². The van der Waals surface area contributed by atoms with Gasteiger partial charge in [-0.3, -0.25) is 9.89 Å². The molecule has 7 heteroatoms. The number of ether oxygens (including phenoxy) is 3. The highest BCUT2D eigenvalue weighted by Gasteiger charge is 2.23. The minimum Gasteiger partial charge on any atom is -0.493 e. The molecule has 1 heterocycles. The Labute approximate surface area is 192 Å². The van der Waals surface area contributed by atoms with Crippen molar-refractivity contribution in [3.8, 4) is 11.5 Å². The van der Waals surface area contributed by atoms with Crippen molar-refractivity contribution in [3.05, 3.63) is 59.7 Å². The van der Waals surface area contributed by atoms with Crippen LogP contribution in [0.1, 0.15) is 17.2 Å². The molecule has 2 aromatic carbocycles. The number of hydrogen-bond donors (Lipinski definition) is 1. The fourth-order valence-corrected chi connectivity index (χ4v) is 4.03. The van der Waals surface area contributed by atoms with Crippen LogP contribution in [0.2, 0.25) is 0 Å². The minimum absolute atomic E-state index is 0.274. The topological polar surface area (TPSA) is 58.6 Å². The Bertz CT molecular complexity index is 854. The molecule has 0 radical (unpaired) electrons. The maximum atomic E-state index is 5.56. The predicted octanol–water partition coefficient (Wildman–Crippen LogP) is 2.83. The number of rotatable bonds is 9. The quantitative estimate of drug-likeness (QED) is 0.478. The SMILES string of the molecule is CN=C(NCC(c1ccccc1)N1CCOCC1)N(C)CCc1ccc(OC)c(OC)c1. The number of methoxy groups -OCH3 is 2. The first kappa shape index (κ1) is 23.9. The van der Waals surface area contributed by atoms with Gasteiger partial charge in [0.2, 0.25) is 0 Å². The summed E-state index contributed by atoms with van der Waals surface area (Å²) in [5, 5.41) is 3.59. The Balaban J connectivity index is 1.60. The van der Waals surface area contributed by atoms with Gasteiger partial charge in [-0.05, 0) is 29.7 Å². The molecule has 7 nitrogen and oxygen atoms in total. The molecular formula is C25H36N4O3. The van der Waals surface area contributed by atoms with Gasteiger partial charge in [-0.1, -0.05) is 36.4 Å². The summed E-state index contributed by atoms with van der Waals surface area (Å²) in [5.74, 6) is 2.39. The first-order valence-electron chi connectivity index (χ1n) is 11.2. The lowest BCUT2D eigenvalue weighted by atomic mass is 10.0. The molecule has 1 N–H and O–H groups in total. The zero-order chi connectivity index (χ0) is 22.8. The third-order valence-corrected chi connectivity index (χ3v) is 5.88. The summed E-state index contributed by atoms with van der Waals surface area (Å²) in [6.07, 6.45) is 0.878. The molecule has 3 rings (SSSR count). The van der Waals surface area contributed by atoms with Crippen molar-refractivity contribution < 1.29 is 14.2 Å². The number of nitrogens with zero attached hydrogens (tertiary/aromatic N) is 3. The fraction of sp³-hybridized carbons (Fsp3) is 0.480. The number of nitrogens with one attached hydrogen (secondary N) is 1. The molecule has 0 aliphatic carbocycles. The molecule has 0 bridgehead atoms. The molecule has 0 amide bonds. The van der Waals surface area contributed by atoms with Crippen molar-refractivity contribution in [2.45, 2.75) is 12.5 Å². The molecule has 32 heavy (non-hydrogen) atoms. The average molecular weight is 441 g/mol. The number of guanidine groups is 1. The van der Waals surface area contributed by atoms with Crippen molar-refractivity contribution in [2.24, 2.45) is 4.99 Å². The Morgan fingerprint density at radius 2 is 1.81 bits per heavy atom. The van der Waals surface area contributed by atoms with Gasteiger partial charge in [0, 0.05) is 40.3 Å². The van der Waals surface area contributed by atoms with E-state index in [0.29, 0.717) is 0 Å². The van der Waals surface area contributed by atoms with Crippen molar-refractivity contribution >= 4 is 5.96 Å². The van der Waals surface area contributed by atoms with E-state index in [0.717, 1.165) is 63.3 Å². The van der Waals surface area contributed by atoms with E-state index in [2.05, 4.69) is 63.6 Å². The van der Waals surface area contributed by atoms with Crippen LogP contribution in [-0.2, 0) is 11.2 Å². The van der Waals surface area contributed by atoms with E-state index in [-0.39, 0.29) is 6.04 Å². The van der Waals surface area contributed by atoms with Crippen LogP contribution in [-0.4, -0.2) is 83.5 Å². The van der Waals surface area contributed by atoms with Crippen LogP contribution in [0.15, 0.2) is 53.5 Å². The number of aliphatic imine (C=N–C) groups is 1.